The minimum Gasteiger partial charge on any atom is -0.465 e. The molecule has 1 amide bonds. The first-order valence-corrected chi connectivity index (χ1v) is 6.48. The number of nitrogens with zero attached hydrogens (tertiary/aromatic N) is 4. The summed E-state index contributed by atoms with van der Waals surface area (Å²) < 4.78 is 6.25. The lowest BCUT2D eigenvalue weighted by Gasteiger charge is -2.04. The van der Waals surface area contributed by atoms with E-state index >= 15 is 0 Å². The Hall–Kier alpha value is -2.26. The van der Waals surface area contributed by atoms with Crippen LogP contribution in [0.25, 0.3) is 5.78 Å². The largest absolute Gasteiger partial charge is 0.465 e. The second kappa shape index (κ2) is 8.90. The zero-order chi connectivity index (χ0) is 15.1. The van der Waals surface area contributed by atoms with Gasteiger partial charge in [-0.25, -0.2) is 9.50 Å². The summed E-state index contributed by atoms with van der Waals surface area (Å²) >= 11 is 0. The standard InChI is InChI=1S/C12H16N6O3.ClH/c1-2-21-11(20)8-13-7-10(19)15-6-9-16-12-14-4-3-5-18(12)17-9;/h3-5,13H,2,6-8H2,1H3,(H,15,19);1H. The summed E-state index contributed by atoms with van der Waals surface area (Å²) in [5.74, 6) is 0.291. The molecular weight excluding hydrogens is 312 g/mol. The molecule has 22 heavy (non-hydrogen) atoms. The molecule has 0 saturated heterocycles. The summed E-state index contributed by atoms with van der Waals surface area (Å²) in [4.78, 5) is 30.8. The third-order valence-electron chi connectivity index (χ3n) is 2.46. The predicted molar refractivity (Wildman–Crippen MR) is 79.4 cm³/mol. The Kier molecular flexibility index (Phi) is 7.20. The lowest BCUT2D eigenvalue weighted by atomic mass is 10.5. The van der Waals surface area contributed by atoms with Crippen LogP contribution in [0.1, 0.15) is 12.7 Å². The number of carbonyl (C=O) groups excluding carboxylic acids is 2. The van der Waals surface area contributed by atoms with E-state index in [1.165, 1.54) is 4.52 Å². The highest BCUT2D eigenvalue weighted by Gasteiger charge is 2.07. The number of halogens is 1. The summed E-state index contributed by atoms with van der Waals surface area (Å²) in [6, 6.07) is 1.74. The van der Waals surface area contributed by atoms with Crippen LogP contribution in [-0.4, -0.2) is 51.2 Å². The Morgan fingerprint density at radius 1 is 1.36 bits per heavy atom. The Morgan fingerprint density at radius 2 is 2.18 bits per heavy atom. The highest BCUT2D eigenvalue weighted by molar-refractivity contribution is 5.85. The van der Waals surface area contributed by atoms with Crippen molar-refractivity contribution in [2.75, 3.05) is 19.7 Å². The molecule has 10 heteroatoms. The fourth-order valence-electron chi connectivity index (χ4n) is 1.58. The van der Waals surface area contributed by atoms with E-state index in [-0.39, 0.29) is 37.9 Å². The molecule has 2 aromatic heterocycles. The first-order chi connectivity index (χ1) is 10.2. The quantitative estimate of drug-likeness (QED) is 0.647. The van der Waals surface area contributed by atoms with E-state index in [4.69, 9.17) is 4.74 Å². The number of aromatic nitrogens is 4. The minimum absolute atomic E-state index is 0. The first kappa shape index (κ1) is 17.8. The first-order valence-electron chi connectivity index (χ1n) is 6.48. The third kappa shape index (κ3) is 5.26. The van der Waals surface area contributed by atoms with Crippen molar-refractivity contribution in [2.45, 2.75) is 13.5 Å². The molecule has 2 heterocycles. The van der Waals surface area contributed by atoms with E-state index < -0.39 is 5.97 Å². The van der Waals surface area contributed by atoms with Crippen molar-refractivity contribution in [1.82, 2.24) is 30.2 Å². The van der Waals surface area contributed by atoms with Gasteiger partial charge in [-0.1, -0.05) is 0 Å². The molecule has 2 rings (SSSR count). The Balaban J connectivity index is 0.00000242. The summed E-state index contributed by atoms with van der Waals surface area (Å²) in [5, 5.41) is 9.48. The van der Waals surface area contributed by atoms with Gasteiger partial charge >= 0.3 is 5.97 Å². The van der Waals surface area contributed by atoms with Gasteiger partial charge in [0.2, 0.25) is 5.91 Å². The SMILES string of the molecule is CCOC(=O)CNCC(=O)NCc1nc2ncccn2n1.Cl. The van der Waals surface area contributed by atoms with Crippen LogP contribution in [0.2, 0.25) is 0 Å². The topological polar surface area (TPSA) is 111 Å². The molecule has 2 N–H and O–H groups in total. The van der Waals surface area contributed by atoms with Crippen LogP contribution in [0.3, 0.4) is 0 Å². The lowest BCUT2D eigenvalue weighted by Crippen LogP contribution is -2.36. The fourth-order valence-corrected chi connectivity index (χ4v) is 1.58. The van der Waals surface area contributed by atoms with Crippen LogP contribution >= 0.6 is 12.4 Å². The molecule has 0 unspecified atom stereocenters. The average Bonchev–Trinajstić information content (AvgIpc) is 2.88. The fraction of sp³-hybridized carbons (Fsp3) is 0.417. The van der Waals surface area contributed by atoms with Gasteiger partial charge in [0.15, 0.2) is 5.82 Å². The smallest absolute Gasteiger partial charge is 0.319 e. The summed E-state index contributed by atoms with van der Waals surface area (Å²) in [5.41, 5.74) is 0. The molecule has 9 nitrogen and oxygen atoms in total. The molecule has 2 aromatic rings. The number of esters is 1. The summed E-state index contributed by atoms with van der Waals surface area (Å²) in [7, 11) is 0. The van der Waals surface area contributed by atoms with E-state index in [1.807, 2.05) is 0 Å². The number of carbonyl (C=O) groups is 2. The molecule has 0 bridgehead atoms. The normalized spacial score (nSPS) is 10.0. The number of rotatable bonds is 7. The molecule has 0 aliphatic rings. The lowest BCUT2D eigenvalue weighted by molar-refractivity contribution is -0.142. The highest BCUT2D eigenvalue weighted by Crippen LogP contribution is 1.96. The Morgan fingerprint density at radius 3 is 2.91 bits per heavy atom. The van der Waals surface area contributed by atoms with Crippen molar-refractivity contribution in [3.8, 4) is 0 Å². The van der Waals surface area contributed by atoms with Crippen molar-refractivity contribution in [1.29, 1.82) is 0 Å². The highest BCUT2D eigenvalue weighted by atomic mass is 35.5. The maximum Gasteiger partial charge on any atom is 0.319 e. The zero-order valence-corrected chi connectivity index (χ0v) is 12.8. The molecule has 0 aliphatic heterocycles. The number of nitrogens with one attached hydrogen (secondary N) is 2. The van der Waals surface area contributed by atoms with Gasteiger partial charge in [-0.15, -0.1) is 17.5 Å². The van der Waals surface area contributed by atoms with Gasteiger partial charge in [0, 0.05) is 12.4 Å². The van der Waals surface area contributed by atoms with Gasteiger partial charge in [0.25, 0.3) is 5.78 Å². The number of amides is 1. The zero-order valence-electron chi connectivity index (χ0n) is 12.0. The Bertz CT molecular complexity index is 599. The molecular formula is C12H17ClN6O3. The number of ether oxygens (including phenoxy) is 1. The monoisotopic (exact) mass is 328 g/mol. The molecule has 0 fully saturated rings. The van der Waals surface area contributed by atoms with Crippen LogP contribution < -0.4 is 10.6 Å². The number of fused-ring (bicyclic) bond motifs is 1. The summed E-state index contributed by atoms with van der Waals surface area (Å²) in [6.07, 6.45) is 3.34. The predicted octanol–water partition coefficient (Wildman–Crippen LogP) is -0.685. The van der Waals surface area contributed by atoms with Gasteiger partial charge < -0.3 is 10.1 Å². The second-order valence-electron chi connectivity index (χ2n) is 4.08. The van der Waals surface area contributed by atoms with Crippen molar-refractivity contribution >= 4 is 30.1 Å². The molecule has 0 radical (unpaired) electrons. The maximum absolute atomic E-state index is 11.6. The van der Waals surface area contributed by atoms with Gasteiger partial charge in [-0.3, -0.25) is 14.9 Å². The maximum atomic E-state index is 11.6. The molecule has 0 saturated carbocycles. The third-order valence-corrected chi connectivity index (χ3v) is 2.46. The number of hydrogen-bond acceptors (Lipinski definition) is 7. The van der Waals surface area contributed by atoms with Crippen LogP contribution in [-0.2, 0) is 20.9 Å². The average molecular weight is 329 g/mol. The van der Waals surface area contributed by atoms with Gasteiger partial charge in [0.1, 0.15) is 0 Å². The summed E-state index contributed by atoms with van der Waals surface area (Å²) in [6.45, 7) is 2.26. The van der Waals surface area contributed by atoms with Crippen molar-refractivity contribution in [3.63, 3.8) is 0 Å². The Labute approximate surface area is 132 Å². The van der Waals surface area contributed by atoms with Crippen molar-refractivity contribution < 1.29 is 14.3 Å². The van der Waals surface area contributed by atoms with E-state index in [0.29, 0.717) is 18.2 Å². The molecule has 0 spiro atoms. The van der Waals surface area contributed by atoms with E-state index in [0.717, 1.165) is 0 Å². The molecule has 120 valence electrons. The van der Waals surface area contributed by atoms with E-state index in [2.05, 4.69) is 25.7 Å². The molecule has 0 aromatic carbocycles. The van der Waals surface area contributed by atoms with E-state index in [1.54, 1.807) is 25.4 Å². The van der Waals surface area contributed by atoms with Crippen molar-refractivity contribution in [2.24, 2.45) is 0 Å². The minimum atomic E-state index is -0.390. The van der Waals surface area contributed by atoms with E-state index in [9.17, 15) is 9.59 Å². The van der Waals surface area contributed by atoms with Crippen molar-refractivity contribution in [3.05, 3.63) is 24.3 Å². The number of hydrogen-bond donors (Lipinski definition) is 2. The van der Waals surface area contributed by atoms with Gasteiger partial charge in [-0.05, 0) is 13.0 Å². The van der Waals surface area contributed by atoms with Gasteiger partial charge in [0.05, 0.1) is 26.2 Å². The van der Waals surface area contributed by atoms with Crippen LogP contribution in [0.4, 0.5) is 0 Å². The molecule has 0 aliphatic carbocycles. The van der Waals surface area contributed by atoms with Crippen LogP contribution in [0, 0.1) is 0 Å². The van der Waals surface area contributed by atoms with Crippen LogP contribution in [0.5, 0.6) is 0 Å². The van der Waals surface area contributed by atoms with Gasteiger partial charge in [-0.2, -0.15) is 4.98 Å². The molecule has 0 atom stereocenters. The second-order valence-corrected chi connectivity index (χ2v) is 4.08. The van der Waals surface area contributed by atoms with Crippen LogP contribution in [0.15, 0.2) is 18.5 Å².